The number of rotatable bonds is 9. The maximum atomic E-state index is 5.66. The molecule has 0 spiro atoms. The summed E-state index contributed by atoms with van der Waals surface area (Å²) < 4.78 is 11.0. The fourth-order valence-corrected chi connectivity index (χ4v) is 3.25. The average molecular weight is 522 g/mol. The highest BCUT2D eigenvalue weighted by molar-refractivity contribution is 14.0. The van der Waals surface area contributed by atoms with E-state index in [0.717, 1.165) is 42.5 Å². The van der Waals surface area contributed by atoms with E-state index in [1.54, 1.807) is 7.11 Å². The molecule has 0 aliphatic rings. The molecular weight excluding hydrogens is 491 g/mol. The lowest BCUT2D eigenvalue weighted by Crippen LogP contribution is -2.38. The molecule has 6 nitrogen and oxygen atoms in total. The van der Waals surface area contributed by atoms with Gasteiger partial charge in [-0.1, -0.05) is 24.3 Å². The zero-order chi connectivity index (χ0) is 20.5. The average Bonchev–Trinajstić information content (AvgIpc) is 3.15. The summed E-state index contributed by atoms with van der Waals surface area (Å²) in [5, 5.41) is 8.01. The van der Waals surface area contributed by atoms with Gasteiger partial charge in [0.1, 0.15) is 0 Å². The molecule has 0 unspecified atom stereocenters. The second-order valence-electron chi connectivity index (χ2n) is 6.65. The van der Waals surface area contributed by atoms with Gasteiger partial charge < -0.3 is 25.1 Å². The molecule has 1 aromatic heterocycles. The van der Waals surface area contributed by atoms with Crippen molar-refractivity contribution in [3.05, 3.63) is 59.8 Å². The Morgan fingerprint density at radius 2 is 1.90 bits per heavy atom. The van der Waals surface area contributed by atoms with Crippen LogP contribution in [0, 0.1) is 0 Å². The minimum Gasteiger partial charge on any atom is -0.493 e. The third-order valence-electron chi connectivity index (χ3n) is 4.65. The fraction of sp³-hybridized carbons (Fsp3) is 0.348. The zero-order valence-electron chi connectivity index (χ0n) is 17.8. The number of hydrogen-bond acceptors (Lipinski definition) is 3. The van der Waals surface area contributed by atoms with E-state index >= 15 is 0 Å². The smallest absolute Gasteiger partial charge is 0.191 e. The van der Waals surface area contributed by atoms with Gasteiger partial charge in [-0.05, 0) is 49.6 Å². The molecule has 1 heterocycles. The highest BCUT2D eigenvalue weighted by atomic mass is 127. The molecule has 0 atom stereocenters. The maximum absolute atomic E-state index is 5.66. The van der Waals surface area contributed by atoms with Crippen LogP contribution in [0.5, 0.6) is 11.5 Å². The number of H-pyrrole nitrogens is 1. The number of aromatic amines is 1. The first-order chi connectivity index (χ1) is 14.2. The van der Waals surface area contributed by atoms with Crippen LogP contribution in [-0.2, 0) is 13.0 Å². The van der Waals surface area contributed by atoms with Crippen LogP contribution in [0.2, 0.25) is 0 Å². The molecule has 2 aromatic carbocycles. The predicted molar refractivity (Wildman–Crippen MR) is 134 cm³/mol. The molecule has 0 amide bonds. The van der Waals surface area contributed by atoms with Crippen molar-refractivity contribution in [2.24, 2.45) is 4.99 Å². The van der Waals surface area contributed by atoms with Crippen LogP contribution >= 0.6 is 24.0 Å². The van der Waals surface area contributed by atoms with E-state index in [0.29, 0.717) is 13.2 Å². The second kappa shape index (κ2) is 12.3. The summed E-state index contributed by atoms with van der Waals surface area (Å²) in [6.45, 7) is 6.81. The van der Waals surface area contributed by atoms with Crippen LogP contribution in [0.3, 0.4) is 0 Å². The van der Waals surface area contributed by atoms with E-state index in [4.69, 9.17) is 14.5 Å². The SMILES string of the molecule is CCNC(=NCc1ccc(OC)c(OCC)c1)NCCc1c[nH]c2ccccc12.I. The van der Waals surface area contributed by atoms with E-state index in [9.17, 15) is 0 Å². The first kappa shape index (κ1) is 23.9. The van der Waals surface area contributed by atoms with Crippen LogP contribution in [0.25, 0.3) is 10.9 Å². The van der Waals surface area contributed by atoms with Gasteiger partial charge in [0.15, 0.2) is 17.5 Å². The van der Waals surface area contributed by atoms with E-state index in [2.05, 4.69) is 46.9 Å². The van der Waals surface area contributed by atoms with Crippen LogP contribution < -0.4 is 20.1 Å². The van der Waals surface area contributed by atoms with Gasteiger partial charge in [0.25, 0.3) is 0 Å². The molecule has 0 aliphatic heterocycles. The lowest BCUT2D eigenvalue weighted by molar-refractivity contribution is 0.310. The topological polar surface area (TPSA) is 70.7 Å². The predicted octanol–water partition coefficient (Wildman–Crippen LogP) is 4.49. The molecule has 0 radical (unpaired) electrons. The number of ether oxygens (including phenoxy) is 2. The molecule has 0 aliphatic carbocycles. The van der Waals surface area contributed by atoms with Crippen molar-refractivity contribution in [3.63, 3.8) is 0 Å². The molecule has 0 fully saturated rings. The number of aromatic nitrogens is 1. The second-order valence-corrected chi connectivity index (χ2v) is 6.65. The number of para-hydroxylation sites is 1. The first-order valence-electron chi connectivity index (χ1n) is 10.1. The van der Waals surface area contributed by atoms with Crippen molar-refractivity contribution in [1.82, 2.24) is 15.6 Å². The van der Waals surface area contributed by atoms with Gasteiger partial charge in [-0.15, -0.1) is 24.0 Å². The van der Waals surface area contributed by atoms with Gasteiger partial charge in [-0.3, -0.25) is 0 Å². The van der Waals surface area contributed by atoms with Crippen molar-refractivity contribution in [2.45, 2.75) is 26.8 Å². The lowest BCUT2D eigenvalue weighted by Gasteiger charge is -2.12. The van der Waals surface area contributed by atoms with Gasteiger partial charge in [-0.25, -0.2) is 4.99 Å². The summed E-state index contributed by atoms with van der Waals surface area (Å²) in [5.41, 5.74) is 3.55. The van der Waals surface area contributed by atoms with E-state index in [1.165, 1.54) is 16.5 Å². The van der Waals surface area contributed by atoms with Crippen LogP contribution in [-0.4, -0.2) is 37.7 Å². The molecule has 3 rings (SSSR count). The Hall–Kier alpha value is -2.42. The highest BCUT2D eigenvalue weighted by Crippen LogP contribution is 2.28. The Kier molecular flexibility index (Phi) is 9.79. The molecule has 7 heteroatoms. The molecule has 30 heavy (non-hydrogen) atoms. The van der Waals surface area contributed by atoms with Gasteiger partial charge in [0.05, 0.1) is 20.3 Å². The van der Waals surface area contributed by atoms with E-state index in [-0.39, 0.29) is 24.0 Å². The Morgan fingerprint density at radius 3 is 2.67 bits per heavy atom. The lowest BCUT2D eigenvalue weighted by atomic mass is 10.1. The van der Waals surface area contributed by atoms with Crippen molar-refractivity contribution < 1.29 is 9.47 Å². The van der Waals surface area contributed by atoms with Gasteiger partial charge in [0.2, 0.25) is 0 Å². The molecule has 0 bridgehead atoms. The molecule has 162 valence electrons. The number of fused-ring (bicyclic) bond motifs is 1. The number of halogens is 1. The highest BCUT2D eigenvalue weighted by Gasteiger charge is 2.06. The summed E-state index contributed by atoms with van der Waals surface area (Å²) in [6, 6.07) is 14.3. The largest absolute Gasteiger partial charge is 0.493 e. The number of methoxy groups -OCH3 is 1. The summed E-state index contributed by atoms with van der Waals surface area (Å²) in [5.74, 6) is 2.30. The minimum atomic E-state index is 0. The van der Waals surface area contributed by atoms with Gasteiger partial charge in [0, 0.05) is 30.2 Å². The summed E-state index contributed by atoms with van der Waals surface area (Å²) in [4.78, 5) is 8.04. The third kappa shape index (κ3) is 6.29. The zero-order valence-corrected chi connectivity index (χ0v) is 20.2. The Morgan fingerprint density at radius 1 is 1.07 bits per heavy atom. The number of nitrogens with zero attached hydrogens (tertiary/aromatic N) is 1. The summed E-state index contributed by atoms with van der Waals surface area (Å²) in [7, 11) is 1.65. The minimum absolute atomic E-state index is 0. The van der Waals surface area contributed by atoms with Crippen molar-refractivity contribution in [3.8, 4) is 11.5 Å². The molecule has 3 N–H and O–H groups in total. The Labute approximate surface area is 195 Å². The number of guanidine groups is 1. The van der Waals surface area contributed by atoms with Crippen molar-refractivity contribution in [1.29, 1.82) is 0 Å². The fourth-order valence-electron chi connectivity index (χ4n) is 3.25. The summed E-state index contributed by atoms with van der Waals surface area (Å²) in [6.07, 6.45) is 3.01. The first-order valence-corrected chi connectivity index (χ1v) is 10.1. The monoisotopic (exact) mass is 522 g/mol. The number of aliphatic imine (C=N–C) groups is 1. The van der Waals surface area contributed by atoms with E-state index in [1.807, 2.05) is 31.2 Å². The molecular formula is C23H31IN4O2. The third-order valence-corrected chi connectivity index (χ3v) is 4.65. The Bertz CT molecular complexity index is 955. The van der Waals surface area contributed by atoms with E-state index < -0.39 is 0 Å². The quantitative estimate of drug-likeness (QED) is 0.220. The normalized spacial score (nSPS) is 11.1. The number of hydrogen-bond donors (Lipinski definition) is 3. The molecule has 0 saturated heterocycles. The van der Waals surface area contributed by atoms with Gasteiger partial charge >= 0.3 is 0 Å². The molecule has 3 aromatic rings. The summed E-state index contributed by atoms with van der Waals surface area (Å²) >= 11 is 0. The van der Waals surface area contributed by atoms with Crippen molar-refractivity contribution in [2.75, 3.05) is 26.8 Å². The standard InChI is InChI=1S/C23H30N4O2.HI/c1-4-24-23(25-13-12-18-16-26-20-9-7-6-8-19(18)20)27-15-17-10-11-21(28-3)22(14-17)29-5-2;/h6-11,14,16,26H,4-5,12-13,15H2,1-3H3,(H2,24,25,27);1H. The number of benzene rings is 2. The molecule has 0 saturated carbocycles. The van der Waals surface area contributed by atoms with Crippen molar-refractivity contribution >= 4 is 40.8 Å². The maximum Gasteiger partial charge on any atom is 0.191 e. The van der Waals surface area contributed by atoms with Crippen LogP contribution in [0.1, 0.15) is 25.0 Å². The van der Waals surface area contributed by atoms with Crippen LogP contribution in [0.4, 0.5) is 0 Å². The number of nitrogens with one attached hydrogen (secondary N) is 3. The Balaban J connectivity index is 0.00000320. The van der Waals surface area contributed by atoms with Crippen LogP contribution in [0.15, 0.2) is 53.7 Å². The van der Waals surface area contributed by atoms with Gasteiger partial charge in [-0.2, -0.15) is 0 Å².